The number of anilines is 2. The fraction of sp³-hybridized carbons (Fsp3) is 0.357. The van der Waals surface area contributed by atoms with Gasteiger partial charge in [-0.05, 0) is 18.6 Å². The molecule has 0 heterocycles. The minimum Gasteiger partial charge on any atom is -0.324 e. The van der Waals surface area contributed by atoms with Gasteiger partial charge < -0.3 is 10.6 Å². The maximum Gasteiger partial charge on any atom is 0.238 e. The van der Waals surface area contributed by atoms with E-state index in [1.807, 2.05) is 13.8 Å². The van der Waals surface area contributed by atoms with Crippen LogP contribution in [0.4, 0.5) is 11.4 Å². The van der Waals surface area contributed by atoms with Gasteiger partial charge in [0.25, 0.3) is 0 Å². The van der Waals surface area contributed by atoms with Crippen LogP contribution in [0.2, 0.25) is 0 Å². The molecule has 5 nitrogen and oxygen atoms in total. The van der Waals surface area contributed by atoms with Crippen molar-refractivity contribution in [1.82, 2.24) is 0 Å². The molecule has 2 N–H and O–H groups in total. The predicted octanol–water partition coefficient (Wildman–Crippen LogP) is 2.52. The number of carbonyl (C=O) groups is 2. The summed E-state index contributed by atoms with van der Waals surface area (Å²) in [6.07, 6.45) is 0.530. The molecule has 19 heavy (non-hydrogen) atoms. The first-order valence-corrected chi connectivity index (χ1v) is 6.15. The van der Waals surface area contributed by atoms with Crippen molar-refractivity contribution >= 4 is 23.2 Å². The average molecular weight is 259 g/mol. The zero-order valence-corrected chi connectivity index (χ0v) is 11.1. The van der Waals surface area contributed by atoms with Gasteiger partial charge in [0.15, 0.2) is 0 Å². The van der Waals surface area contributed by atoms with E-state index in [4.69, 9.17) is 5.26 Å². The first kappa shape index (κ1) is 14.7. The van der Waals surface area contributed by atoms with E-state index in [2.05, 4.69) is 10.6 Å². The molecule has 1 atom stereocenters. The van der Waals surface area contributed by atoms with Crippen LogP contribution in [-0.4, -0.2) is 11.8 Å². The quantitative estimate of drug-likeness (QED) is 0.852. The Kier molecular flexibility index (Phi) is 5.55. The number of hydrogen-bond donors (Lipinski definition) is 2. The van der Waals surface area contributed by atoms with Gasteiger partial charge in [-0.15, -0.1) is 0 Å². The molecule has 0 radical (unpaired) electrons. The van der Waals surface area contributed by atoms with Gasteiger partial charge in [0.2, 0.25) is 11.8 Å². The number of nitrogens with zero attached hydrogens (tertiary/aromatic N) is 1. The molecule has 2 amide bonds. The van der Waals surface area contributed by atoms with Gasteiger partial charge in [-0.25, -0.2) is 0 Å². The number of nitriles is 1. The van der Waals surface area contributed by atoms with Crippen LogP contribution in [-0.2, 0) is 9.59 Å². The summed E-state index contributed by atoms with van der Waals surface area (Å²) in [6, 6.07) is 8.69. The first-order chi connectivity index (χ1) is 9.08. The van der Waals surface area contributed by atoms with Gasteiger partial charge >= 0.3 is 0 Å². The van der Waals surface area contributed by atoms with Crippen LogP contribution in [0.3, 0.4) is 0 Å². The van der Waals surface area contributed by atoms with Gasteiger partial charge in [0.1, 0.15) is 6.42 Å². The molecule has 0 saturated carbocycles. The zero-order valence-electron chi connectivity index (χ0n) is 11.1. The van der Waals surface area contributed by atoms with Crippen LogP contribution in [0.5, 0.6) is 0 Å². The van der Waals surface area contributed by atoms with Gasteiger partial charge in [-0.2, -0.15) is 5.26 Å². The molecule has 0 aliphatic carbocycles. The van der Waals surface area contributed by atoms with Crippen molar-refractivity contribution in [3.05, 3.63) is 24.3 Å². The molecule has 100 valence electrons. The largest absolute Gasteiger partial charge is 0.324 e. The van der Waals surface area contributed by atoms with E-state index in [1.165, 1.54) is 0 Å². The molecule has 0 spiro atoms. The third-order valence-electron chi connectivity index (χ3n) is 2.76. The van der Waals surface area contributed by atoms with Crippen molar-refractivity contribution in [2.24, 2.45) is 5.92 Å². The Balaban J connectivity index is 2.82. The summed E-state index contributed by atoms with van der Waals surface area (Å²) >= 11 is 0. The first-order valence-electron chi connectivity index (χ1n) is 6.15. The Morgan fingerprint density at radius 3 is 2.37 bits per heavy atom. The molecule has 0 aliphatic rings. The Morgan fingerprint density at radius 2 is 1.84 bits per heavy atom. The fourth-order valence-corrected chi connectivity index (χ4v) is 1.41. The molecule has 0 fully saturated rings. The smallest absolute Gasteiger partial charge is 0.238 e. The van der Waals surface area contributed by atoms with Gasteiger partial charge in [0, 0.05) is 5.92 Å². The normalized spacial score (nSPS) is 11.2. The van der Waals surface area contributed by atoms with Crippen LogP contribution in [0.1, 0.15) is 26.7 Å². The second-order valence-corrected chi connectivity index (χ2v) is 4.23. The van der Waals surface area contributed by atoms with Gasteiger partial charge in [0.05, 0.1) is 17.4 Å². The molecule has 1 aromatic carbocycles. The fourth-order valence-electron chi connectivity index (χ4n) is 1.41. The standard InChI is InChI=1S/C14H17N3O2/c1-3-10(2)14(19)17-12-7-5-4-6-11(12)16-13(18)8-9-15/h4-7,10H,3,8H2,1-2H3,(H,16,18)(H,17,19). The number of amides is 2. The topological polar surface area (TPSA) is 82.0 Å². The van der Waals surface area contributed by atoms with Crippen LogP contribution in [0.15, 0.2) is 24.3 Å². The summed E-state index contributed by atoms with van der Waals surface area (Å²) in [6.45, 7) is 3.77. The lowest BCUT2D eigenvalue weighted by atomic mass is 10.1. The van der Waals surface area contributed by atoms with Crippen molar-refractivity contribution in [3.8, 4) is 6.07 Å². The van der Waals surface area contributed by atoms with Crippen LogP contribution >= 0.6 is 0 Å². The summed E-state index contributed by atoms with van der Waals surface area (Å²) in [7, 11) is 0. The van der Waals surface area contributed by atoms with Crippen LogP contribution in [0.25, 0.3) is 0 Å². The monoisotopic (exact) mass is 259 g/mol. The molecule has 0 aromatic heterocycles. The minimum absolute atomic E-state index is 0.0931. The van der Waals surface area contributed by atoms with Crippen LogP contribution < -0.4 is 10.6 Å². The summed E-state index contributed by atoms with van der Waals surface area (Å²) < 4.78 is 0. The molecule has 0 saturated heterocycles. The predicted molar refractivity (Wildman–Crippen MR) is 73.4 cm³/mol. The van der Waals surface area contributed by atoms with E-state index in [1.54, 1.807) is 30.3 Å². The molecule has 0 bridgehead atoms. The number of para-hydroxylation sites is 2. The lowest BCUT2D eigenvalue weighted by molar-refractivity contribution is -0.119. The maximum atomic E-state index is 11.8. The van der Waals surface area contributed by atoms with E-state index in [0.29, 0.717) is 11.4 Å². The number of carbonyl (C=O) groups excluding carboxylic acids is 2. The summed E-state index contributed by atoms with van der Waals surface area (Å²) in [5, 5.41) is 13.8. The van der Waals surface area contributed by atoms with Crippen molar-refractivity contribution in [2.75, 3.05) is 10.6 Å². The van der Waals surface area contributed by atoms with Crippen molar-refractivity contribution in [1.29, 1.82) is 5.26 Å². The lowest BCUT2D eigenvalue weighted by Crippen LogP contribution is -2.21. The molecular formula is C14H17N3O2. The Morgan fingerprint density at radius 1 is 1.26 bits per heavy atom. The minimum atomic E-state index is -0.396. The van der Waals surface area contributed by atoms with Gasteiger partial charge in [-0.1, -0.05) is 26.0 Å². The SMILES string of the molecule is CCC(C)C(=O)Nc1ccccc1NC(=O)CC#N. The Labute approximate surface area is 112 Å². The molecule has 5 heteroatoms. The van der Waals surface area contributed by atoms with E-state index in [0.717, 1.165) is 6.42 Å². The molecule has 0 aliphatic heterocycles. The number of nitrogens with one attached hydrogen (secondary N) is 2. The Hall–Kier alpha value is -2.35. The average Bonchev–Trinajstić information content (AvgIpc) is 2.40. The van der Waals surface area contributed by atoms with Crippen molar-refractivity contribution < 1.29 is 9.59 Å². The van der Waals surface area contributed by atoms with Crippen molar-refractivity contribution in [2.45, 2.75) is 26.7 Å². The highest BCUT2D eigenvalue weighted by atomic mass is 16.2. The summed E-state index contributed by atoms with van der Waals surface area (Å²) in [4.78, 5) is 23.2. The zero-order chi connectivity index (χ0) is 14.3. The van der Waals surface area contributed by atoms with Crippen LogP contribution in [0, 0.1) is 17.2 Å². The third kappa shape index (κ3) is 4.43. The second kappa shape index (κ2) is 7.17. The van der Waals surface area contributed by atoms with E-state index >= 15 is 0 Å². The van der Waals surface area contributed by atoms with E-state index in [9.17, 15) is 9.59 Å². The second-order valence-electron chi connectivity index (χ2n) is 4.23. The van der Waals surface area contributed by atoms with E-state index < -0.39 is 5.91 Å². The maximum absolute atomic E-state index is 11.8. The number of hydrogen-bond acceptors (Lipinski definition) is 3. The van der Waals surface area contributed by atoms with Gasteiger partial charge in [-0.3, -0.25) is 9.59 Å². The molecular weight excluding hydrogens is 242 g/mol. The highest BCUT2D eigenvalue weighted by molar-refractivity contribution is 6.00. The molecule has 1 unspecified atom stereocenters. The van der Waals surface area contributed by atoms with E-state index in [-0.39, 0.29) is 18.2 Å². The highest BCUT2D eigenvalue weighted by Gasteiger charge is 2.13. The Bertz CT molecular complexity index is 506. The summed E-state index contributed by atoms with van der Waals surface area (Å²) in [5.41, 5.74) is 1.04. The highest BCUT2D eigenvalue weighted by Crippen LogP contribution is 2.22. The number of benzene rings is 1. The molecule has 1 rings (SSSR count). The summed E-state index contributed by atoms with van der Waals surface area (Å²) in [5.74, 6) is -0.583. The lowest BCUT2D eigenvalue weighted by Gasteiger charge is -2.14. The third-order valence-corrected chi connectivity index (χ3v) is 2.76. The molecule has 1 aromatic rings. The van der Waals surface area contributed by atoms with Crippen molar-refractivity contribution in [3.63, 3.8) is 0 Å². The number of rotatable bonds is 5.